The Balaban J connectivity index is 2.13. The number of amides is 1. The first kappa shape index (κ1) is 12.1. The van der Waals surface area contributed by atoms with Crippen LogP contribution in [0.5, 0.6) is 0 Å². The van der Waals surface area contributed by atoms with Crippen molar-refractivity contribution in [3.63, 3.8) is 0 Å². The number of hydrogen-bond donors (Lipinski definition) is 2. The van der Waals surface area contributed by atoms with Gasteiger partial charge in [0.2, 0.25) is 5.91 Å². The van der Waals surface area contributed by atoms with Crippen LogP contribution in [-0.4, -0.2) is 23.1 Å². The third kappa shape index (κ3) is 2.68. The molecule has 0 bridgehead atoms. The summed E-state index contributed by atoms with van der Waals surface area (Å²) in [6.45, 7) is 0.867. The van der Waals surface area contributed by atoms with Crippen LogP contribution in [0, 0.1) is 0 Å². The number of carbonyl (C=O) groups excluding carboxylic acids is 1. The molecule has 1 aliphatic rings. The Morgan fingerprint density at radius 3 is 3.00 bits per heavy atom. The lowest BCUT2D eigenvalue weighted by Crippen LogP contribution is -2.35. The van der Waals surface area contributed by atoms with Crippen LogP contribution >= 0.6 is 11.6 Å². The van der Waals surface area contributed by atoms with E-state index in [1.165, 1.54) is 10.6 Å². The van der Waals surface area contributed by atoms with Crippen LogP contribution < -0.4 is 16.2 Å². The molecule has 0 aliphatic carbocycles. The second-order valence-electron chi connectivity index (χ2n) is 4.13. The summed E-state index contributed by atoms with van der Waals surface area (Å²) in [5, 5.41) is 5.95. The van der Waals surface area contributed by atoms with Gasteiger partial charge in [0.25, 0.3) is 5.56 Å². The summed E-state index contributed by atoms with van der Waals surface area (Å²) in [7, 11) is 1.59. The van der Waals surface area contributed by atoms with E-state index in [1.54, 1.807) is 13.2 Å². The molecule has 0 saturated carbocycles. The van der Waals surface area contributed by atoms with Gasteiger partial charge in [0, 0.05) is 13.2 Å². The van der Waals surface area contributed by atoms with Crippen molar-refractivity contribution in [1.29, 1.82) is 0 Å². The monoisotopic (exact) mass is 255 g/mol. The van der Waals surface area contributed by atoms with Gasteiger partial charge in [0.1, 0.15) is 5.02 Å². The molecule has 1 amide bonds. The molecule has 2 rings (SSSR count). The van der Waals surface area contributed by atoms with E-state index < -0.39 is 0 Å². The fourth-order valence-corrected chi connectivity index (χ4v) is 2.13. The molecule has 0 radical (unpaired) electrons. The second kappa shape index (κ2) is 4.89. The van der Waals surface area contributed by atoms with Crippen LogP contribution in [0.3, 0.4) is 0 Å². The molecular formula is C11H14ClN3O2. The standard InChI is InChI=1S/C11H14ClN3O2/c1-15-6-7(5-8(12)11(15)17)14-10(16)9-3-2-4-13-9/h5-6,9,13H,2-4H2,1H3,(H,14,16). The molecule has 1 unspecified atom stereocenters. The summed E-state index contributed by atoms with van der Waals surface area (Å²) >= 11 is 5.76. The Kier molecular flexibility index (Phi) is 3.49. The average Bonchev–Trinajstić information content (AvgIpc) is 2.79. The molecule has 5 nitrogen and oxygen atoms in total. The van der Waals surface area contributed by atoms with Gasteiger partial charge >= 0.3 is 0 Å². The minimum absolute atomic E-state index is 0.0859. The van der Waals surface area contributed by atoms with Crippen LogP contribution in [0.1, 0.15) is 12.8 Å². The number of aryl methyl sites for hydroxylation is 1. The maximum absolute atomic E-state index is 11.8. The number of nitrogens with one attached hydrogen (secondary N) is 2. The molecule has 0 spiro atoms. The number of carbonyl (C=O) groups is 1. The van der Waals surface area contributed by atoms with Gasteiger partial charge in [-0.25, -0.2) is 0 Å². The van der Waals surface area contributed by atoms with Gasteiger partial charge in [-0.3, -0.25) is 9.59 Å². The van der Waals surface area contributed by atoms with Gasteiger partial charge in [0.05, 0.1) is 11.7 Å². The Bertz CT molecular complexity index is 466. The predicted molar refractivity (Wildman–Crippen MR) is 66.3 cm³/mol. The summed E-state index contributed by atoms with van der Waals surface area (Å²) in [6.07, 6.45) is 3.40. The maximum Gasteiger partial charge on any atom is 0.269 e. The summed E-state index contributed by atoms with van der Waals surface area (Å²) in [5.41, 5.74) is 0.263. The molecule has 17 heavy (non-hydrogen) atoms. The largest absolute Gasteiger partial charge is 0.323 e. The molecule has 1 aliphatic heterocycles. The van der Waals surface area contributed by atoms with Crippen molar-refractivity contribution in [2.75, 3.05) is 11.9 Å². The molecule has 0 aromatic carbocycles. The lowest BCUT2D eigenvalue weighted by Gasteiger charge is -2.12. The van der Waals surface area contributed by atoms with Crippen LogP contribution in [-0.2, 0) is 11.8 Å². The number of halogens is 1. The SMILES string of the molecule is Cn1cc(NC(=O)C2CCCN2)cc(Cl)c1=O. The minimum Gasteiger partial charge on any atom is -0.323 e. The first-order valence-corrected chi connectivity index (χ1v) is 5.86. The van der Waals surface area contributed by atoms with Gasteiger partial charge in [0.15, 0.2) is 0 Å². The van der Waals surface area contributed by atoms with E-state index in [1.807, 2.05) is 0 Å². The Labute approximate surface area is 104 Å². The highest BCUT2D eigenvalue weighted by atomic mass is 35.5. The topological polar surface area (TPSA) is 63.1 Å². The van der Waals surface area contributed by atoms with Gasteiger partial charge < -0.3 is 15.2 Å². The first-order chi connectivity index (χ1) is 8.08. The van der Waals surface area contributed by atoms with E-state index in [9.17, 15) is 9.59 Å². The maximum atomic E-state index is 11.8. The van der Waals surface area contributed by atoms with E-state index in [2.05, 4.69) is 10.6 Å². The molecule has 1 atom stereocenters. The number of pyridine rings is 1. The fraction of sp³-hybridized carbons (Fsp3) is 0.455. The zero-order chi connectivity index (χ0) is 12.4. The predicted octanol–water partition coefficient (Wildman–Crippen LogP) is 0.729. The average molecular weight is 256 g/mol. The zero-order valence-electron chi connectivity index (χ0n) is 9.50. The number of aromatic nitrogens is 1. The summed E-state index contributed by atoms with van der Waals surface area (Å²) in [4.78, 5) is 23.2. The van der Waals surface area contributed by atoms with Gasteiger partial charge in [-0.1, -0.05) is 11.6 Å². The molecule has 1 aromatic heterocycles. The van der Waals surface area contributed by atoms with Crippen molar-refractivity contribution in [2.24, 2.45) is 7.05 Å². The Morgan fingerprint density at radius 1 is 1.65 bits per heavy atom. The molecule has 2 heterocycles. The van der Waals surface area contributed by atoms with Gasteiger partial charge in [-0.05, 0) is 25.5 Å². The van der Waals surface area contributed by atoms with Crippen molar-refractivity contribution in [2.45, 2.75) is 18.9 Å². The Morgan fingerprint density at radius 2 is 2.41 bits per heavy atom. The summed E-state index contributed by atoms with van der Waals surface area (Å²) < 4.78 is 1.35. The summed E-state index contributed by atoms with van der Waals surface area (Å²) in [6, 6.07) is 1.32. The Hall–Kier alpha value is -1.33. The lowest BCUT2D eigenvalue weighted by atomic mass is 10.2. The summed E-state index contributed by atoms with van der Waals surface area (Å²) in [5.74, 6) is -0.0859. The van der Waals surface area contributed by atoms with Crippen LogP contribution in [0.15, 0.2) is 17.1 Å². The van der Waals surface area contributed by atoms with Gasteiger partial charge in [-0.2, -0.15) is 0 Å². The van der Waals surface area contributed by atoms with Crippen molar-refractivity contribution in [3.05, 3.63) is 27.6 Å². The third-order valence-corrected chi connectivity index (χ3v) is 3.05. The van der Waals surface area contributed by atoms with Gasteiger partial charge in [-0.15, -0.1) is 0 Å². The van der Waals surface area contributed by atoms with E-state index in [0.717, 1.165) is 19.4 Å². The molecular weight excluding hydrogens is 242 g/mol. The van der Waals surface area contributed by atoms with Crippen LogP contribution in [0.2, 0.25) is 5.02 Å². The minimum atomic E-state index is -0.274. The highest BCUT2D eigenvalue weighted by Crippen LogP contribution is 2.13. The highest BCUT2D eigenvalue weighted by Gasteiger charge is 2.22. The number of anilines is 1. The van der Waals surface area contributed by atoms with Crippen LogP contribution in [0.25, 0.3) is 0 Å². The normalized spacial score (nSPS) is 19.3. The molecule has 92 valence electrons. The van der Waals surface area contributed by atoms with Crippen molar-refractivity contribution < 1.29 is 4.79 Å². The smallest absolute Gasteiger partial charge is 0.269 e. The molecule has 2 N–H and O–H groups in total. The first-order valence-electron chi connectivity index (χ1n) is 5.48. The number of rotatable bonds is 2. The lowest BCUT2D eigenvalue weighted by molar-refractivity contribution is -0.117. The fourth-order valence-electron chi connectivity index (χ4n) is 1.88. The second-order valence-corrected chi connectivity index (χ2v) is 4.54. The zero-order valence-corrected chi connectivity index (χ0v) is 10.3. The third-order valence-electron chi connectivity index (χ3n) is 2.78. The van der Waals surface area contributed by atoms with E-state index >= 15 is 0 Å². The molecule has 1 fully saturated rings. The van der Waals surface area contributed by atoms with E-state index in [0.29, 0.717) is 5.69 Å². The molecule has 1 aromatic rings. The quantitative estimate of drug-likeness (QED) is 0.819. The molecule has 1 saturated heterocycles. The van der Waals surface area contributed by atoms with Crippen LogP contribution in [0.4, 0.5) is 5.69 Å². The van der Waals surface area contributed by atoms with Crippen molar-refractivity contribution in [1.82, 2.24) is 9.88 Å². The van der Waals surface area contributed by atoms with E-state index in [4.69, 9.17) is 11.6 Å². The number of hydrogen-bond acceptors (Lipinski definition) is 3. The van der Waals surface area contributed by atoms with Crippen molar-refractivity contribution >= 4 is 23.2 Å². The van der Waals surface area contributed by atoms with E-state index in [-0.39, 0.29) is 22.5 Å². The number of nitrogens with zero attached hydrogens (tertiary/aromatic N) is 1. The van der Waals surface area contributed by atoms with Crippen molar-refractivity contribution in [3.8, 4) is 0 Å². The molecule has 6 heteroatoms. The highest BCUT2D eigenvalue weighted by molar-refractivity contribution is 6.30.